The number of nitrogens with zero attached hydrogens (tertiary/aromatic N) is 1. The van der Waals surface area contributed by atoms with E-state index >= 15 is 0 Å². The zero-order valence-electron chi connectivity index (χ0n) is 13.2. The predicted octanol–water partition coefficient (Wildman–Crippen LogP) is 3.33. The summed E-state index contributed by atoms with van der Waals surface area (Å²) in [6, 6.07) is 8.42. The van der Waals surface area contributed by atoms with Crippen LogP contribution in [0.15, 0.2) is 42.6 Å². The van der Waals surface area contributed by atoms with Gasteiger partial charge in [-0.1, -0.05) is 31.5 Å². The summed E-state index contributed by atoms with van der Waals surface area (Å²) in [5.74, 6) is -2.32. The van der Waals surface area contributed by atoms with Gasteiger partial charge in [0, 0.05) is 6.20 Å². The molecule has 0 spiro atoms. The molecule has 0 aliphatic heterocycles. The minimum Gasteiger partial charge on any atom is -0.339 e. The lowest BCUT2D eigenvalue weighted by atomic mass is 10.0. The number of carbonyl (C=O) groups is 2. The van der Waals surface area contributed by atoms with E-state index in [-0.39, 0.29) is 16.6 Å². The number of halogens is 2. The molecule has 2 rings (SSSR count). The number of carbonyl (C=O) groups excluding carboxylic acids is 2. The molecule has 0 saturated heterocycles. The van der Waals surface area contributed by atoms with E-state index in [0.29, 0.717) is 5.69 Å². The Morgan fingerprint density at radius 3 is 2.54 bits per heavy atom. The van der Waals surface area contributed by atoms with Gasteiger partial charge >= 0.3 is 11.8 Å². The van der Waals surface area contributed by atoms with Crippen molar-refractivity contribution in [2.75, 3.05) is 5.32 Å². The number of pyridine rings is 1. The maximum Gasteiger partial charge on any atom is 0.313 e. The number of rotatable bonds is 4. The number of anilines is 1. The summed E-state index contributed by atoms with van der Waals surface area (Å²) >= 11 is 5.87. The first-order chi connectivity index (χ1) is 11.4. The maximum atomic E-state index is 13.2. The van der Waals surface area contributed by atoms with E-state index in [1.807, 2.05) is 13.8 Å². The molecule has 1 aromatic heterocycles. The number of hydrogen-bond acceptors (Lipinski definition) is 3. The van der Waals surface area contributed by atoms with Crippen LogP contribution in [0.2, 0.25) is 5.02 Å². The van der Waals surface area contributed by atoms with Gasteiger partial charge in [0.1, 0.15) is 5.82 Å². The zero-order chi connectivity index (χ0) is 17.7. The van der Waals surface area contributed by atoms with Crippen molar-refractivity contribution in [1.82, 2.24) is 10.3 Å². The second kappa shape index (κ2) is 7.88. The van der Waals surface area contributed by atoms with Crippen LogP contribution in [-0.4, -0.2) is 16.8 Å². The monoisotopic (exact) mass is 349 g/mol. The largest absolute Gasteiger partial charge is 0.339 e. The first kappa shape index (κ1) is 17.9. The van der Waals surface area contributed by atoms with E-state index in [2.05, 4.69) is 15.6 Å². The molecule has 0 bridgehead atoms. The smallest absolute Gasteiger partial charge is 0.313 e. The minimum absolute atomic E-state index is 0.0226. The molecular weight excluding hydrogens is 333 g/mol. The van der Waals surface area contributed by atoms with Crippen molar-refractivity contribution in [3.05, 3.63) is 59.1 Å². The van der Waals surface area contributed by atoms with Gasteiger partial charge in [-0.15, -0.1) is 0 Å². The number of nitrogens with one attached hydrogen (secondary N) is 2. The third-order valence-corrected chi connectivity index (χ3v) is 3.67. The minimum atomic E-state index is -0.927. The third-order valence-electron chi connectivity index (χ3n) is 3.34. The van der Waals surface area contributed by atoms with Crippen LogP contribution in [0.25, 0.3) is 0 Å². The van der Waals surface area contributed by atoms with Crippen LogP contribution in [0.3, 0.4) is 0 Å². The molecule has 5 nitrogen and oxygen atoms in total. The molecule has 2 amide bonds. The van der Waals surface area contributed by atoms with Gasteiger partial charge < -0.3 is 10.6 Å². The van der Waals surface area contributed by atoms with Crippen molar-refractivity contribution in [2.24, 2.45) is 5.92 Å². The van der Waals surface area contributed by atoms with E-state index in [4.69, 9.17) is 11.6 Å². The van der Waals surface area contributed by atoms with Crippen molar-refractivity contribution in [3.63, 3.8) is 0 Å². The van der Waals surface area contributed by atoms with E-state index in [1.165, 1.54) is 6.07 Å². The Balaban J connectivity index is 2.09. The van der Waals surface area contributed by atoms with Crippen LogP contribution < -0.4 is 10.6 Å². The van der Waals surface area contributed by atoms with Crippen molar-refractivity contribution < 1.29 is 14.0 Å². The van der Waals surface area contributed by atoms with Gasteiger partial charge in [-0.2, -0.15) is 0 Å². The number of benzene rings is 1. The summed E-state index contributed by atoms with van der Waals surface area (Å²) in [6.45, 7) is 3.81. The molecule has 1 aromatic carbocycles. The van der Waals surface area contributed by atoms with Crippen molar-refractivity contribution in [1.29, 1.82) is 0 Å². The topological polar surface area (TPSA) is 71.1 Å². The quantitative estimate of drug-likeness (QED) is 0.832. The van der Waals surface area contributed by atoms with E-state index in [0.717, 1.165) is 12.1 Å². The van der Waals surface area contributed by atoms with Crippen LogP contribution in [-0.2, 0) is 9.59 Å². The Morgan fingerprint density at radius 2 is 1.92 bits per heavy atom. The second-order valence-corrected chi connectivity index (χ2v) is 5.94. The summed E-state index contributed by atoms with van der Waals surface area (Å²) in [5.41, 5.74) is 0.688. The Bertz CT molecular complexity index is 738. The molecule has 24 heavy (non-hydrogen) atoms. The molecule has 2 aromatic rings. The highest BCUT2D eigenvalue weighted by atomic mass is 35.5. The van der Waals surface area contributed by atoms with Crippen LogP contribution >= 0.6 is 11.6 Å². The van der Waals surface area contributed by atoms with Crippen molar-refractivity contribution in [3.8, 4) is 0 Å². The molecule has 0 aliphatic carbocycles. The van der Waals surface area contributed by atoms with Crippen LogP contribution in [0, 0.1) is 11.7 Å². The highest BCUT2D eigenvalue weighted by molar-refractivity contribution is 6.41. The summed E-state index contributed by atoms with van der Waals surface area (Å²) in [5, 5.41) is 5.08. The van der Waals surface area contributed by atoms with Crippen LogP contribution in [0.4, 0.5) is 10.1 Å². The number of amides is 2. The van der Waals surface area contributed by atoms with E-state index in [1.54, 1.807) is 24.4 Å². The lowest BCUT2D eigenvalue weighted by Crippen LogP contribution is -2.39. The molecule has 126 valence electrons. The fourth-order valence-electron chi connectivity index (χ4n) is 2.12. The molecule has 0 radical (unpaired) electrons. The first-order valence-corrected chi connectivity index (χ1v) is 7.74. The molecule has 0 fully saturated rings. The average molecular weight is 350 g/mol. The molecule has 1 heterocycles. The lowest BCUT2D eigenvalue weighted by molar-refractivity contribution is -0.136. The molecule has 7 heteroatoms. The van der Waals surface area contributed by atoms with Crippen LogP contribution in [0.1, 0.15) is 25.6 Å². The van der Waals surface area contributed by atoms with Gasteiger partial charge in [-0.05, 0) is 36.2 Å². The summed E-state index contributed by atoms with van der Waals surface area (Å²) in [4.78, 5) is 28.4. The Hall–Kier alpha value is -2.47. The van der Waals surface area contributed by atoms with Gasteiger partial charge in [0.15, 0.2) is 0 Å². The second-order valence-electron chi connectivity index (χ2n) is 5.53. The van der Waals surface area contributed by atoms with Gasteiger partial charge in [0.2, 0.25) is 0 Å². The summed E-state index contributed by atoms with van der Waals surface area (Å²) < 4.78 is 13.2. The normalized spacial score (nSPS) is 11.9. The van der Waals surface area contributed by atoms with Gasteiger partial charge in [0.05, 0.1) is 22.4 Å². The predicted molar refractivity (Wildman–Crippen MR) is 90.0 cm³/mol. The highest BCUT2D eigenvalue weighted by Gasteiger charge is 2.23. The first-order valence-electron chi connectivity index (χ1n) is 7.36. The van der Waals surface area contributed by atoms with E-state index < -0.39 is 23.7 Å². The van der Waals surface area contributed by atoms with Crippen molar-refractivity contribution in [2.45, 2.75) is 19.9 Å². The Kier molecular flexibility index (Phi) is 5.87. The molecule has 0 saturated carbocycles. The standard InChI is InChI=1S/C17H17ClFN3O2/c1-10(2)15(13-5-3-4-8-20-13)22-17(24)16(23)21-14-9-11(19)6-7-12(14)18/h3-10,15H,1-2H3,(H,21,23)(H,22,24)/t15-/m0/s1. The fraction of sp³-hybridized carbons (Fsp3) is 0.235. The molecule has 0 aliphatic rings. The van der Waals surface area contributed by atoms with Gasteiger partial charge in [-0.3, -0.25) is 14.6 Å². The summed E-state index contributed by atoms with van der Waals surface area (Å²) in [7, 11) is 0. The maximum absolute atomic E-state index is 13.2. The average Bonchev–Trinajstić information content (AvgIpc) is 2.56. The van der Waals surface area contributed by atoms with Gasteiger partial charge in [0.25, 0.3) is 0 Å². The zero-order valence-corrected chi connectivity index (χ0v) is 14.0. The third kappa shape index (κ3) is 4.52. The molecular formula is C17H17ClFN3O2. The van der Waals surface area contributed by atoms with Crippen LogP contribution in [0.5, 0.6) is 0 Å². The fourth-order valence-corrected chi connectivity index (χ4v) is 2.29. The Morgan fingerprint density at radius 1 is 1.17 bits per heavy atom. The van der Waals surface area contributed by atoms with Gasteiger partial charge in [-0.25, -0.2) is 4.39 Å². The SMILES string of the molecule is CC(C)[C@H](NC(=O)C(=O)Nc1cc(F)ccc1Cl)c1ccccn1. The number of aromatic nitrogens is 1. The lowest BCUT2D eigenvalue weighted by Gasteiger charge is -2.21. The molecule has 1 atom stereocenters. The van der Waals surface area contributed by atoms with E-state index in [9.17, 15) is 14.0 Å². The molecule has 0 unspecified atom stereocenters. The summed E-state index contributed by atoms with van der Waals surface area (Å²) in [6.07, 6.45) is 1.61. The Labute approximate surface area is 144 Å². The molecule has 2 N–H and O–H groups in total. The number of hydrogen-bond donors (Lipinski definition) is 2. The highest BCUT2D eigenvalue weighted by Crippen LogP contribution is 2.23. The van der Waals surface area contributed by atoms with Crippen molar-refractivity contribution >= 4 is 29.1 Å².